The van der Waals surface area contributed by atoms with Crippen LogP contribution in [0.1, 0.15) is 6.92 Å². The average molecular weight is 187 g/mol. The summed E-state index contributed by atoms with van der Waals surface area (Å²) in [5.41, 5.74) is 0. The molecule has 0 aromatic rings. The molecule has 0 saturated carbocycles. The number of nitrogens with zero attached hydrogens (tertiary/aromatic N) is 1. The van der Waals surface area contributed by atoms with E-state index in [2.05, 4.69) is 0 Å². The summed E-state index contributed by atoms with van der Waals surface area (Å²) in [6.07, 6.45) is -0.496. The quantitative estimate of drug-likeness (QED) is 0.518. The lowest BCUT2D eigenvalue weighted by molar-refractivity contribution is -0.795. The van der Waals surface area contributed by atoms with Crippen molar-refractivity contribution in [1.82, 2.24) is 0 Å². The molecule has 2 atom stereocenters. The van der Waals surface area contributed by atoms with Crippen molar-refractivity contribution in [2.45, 2.75) is 13.0 Å². The maximum Gasteiger partial charge on any atom is 0.165 e. The van der Waals surface area contributed by atoms with Crippen molar-refractivity contribution < 1.29 is 9.11 Å². The SMILES string of the molecule is CC[N+](C)(Cl)CC(O)CCl. The summed E-state index contributed by atoms with van der Waals surface area (Å²) in [5, 5.41) is 9.09. The Kier molecular flexibility index (Phi) is 4.61. The first kappa shape index (κ1) is 10.5. The summed E-state index contributed by atoms with van der Waals surface area (Å²) in [7, 11) is 1.84. The third-order valence-corrected chi connectivity index (χ3v) is 2.16. The van der Waals surface area contributed by atoms with E-state index < -0.39 is 6.10 Å². The lowest BCUT2D eigenvalue weighted by atomic mass is 10.4. The van der Waals surface area contributed by atoms with E-state index in [1.807, 2.05) is 14.0 Å². The van der Waals surface area contributed by atoms with E-state index in [1.54, 1.807) is 0 Å². The molecule has 0 bridgehead atoms. The lowest BCUT2D eigenvalue weighted by Gasteiger charge is -2.24. The molecule has 1 N–H and O–H groups in total. The van der Waals surface area contributed by atoms with Gasteiger partial charge in [0.05, 0.1) is 19.5 Å². The minimum Gasteiger partial charge on any atom is -0.386 e. The second kappa shape index (κ2) is 4.39. The van der Waals surface area contributed by atoms with E-state index in [0.29, 0.717) is 10.5 Å². The number of rotatable bonds is 4. The summed E-state index contributed by atoms with van der Waals surface area (Å²) >= 11 is 11.3. The van der Waals surface area contributed by atoms with Crippen LogP contribution in [0.5, 0.6) is 0 Å². The Balaban J connectivity index is 3.64. The molecule has 62 valence electrons. The Morgan fingerprint density at radius 2 is 2.10 bits per heavy atom. The van der Waals surface area contributed by atoms with Crippen molar-refractivity contribution in [3.63, 3.8) is 0 Å². The van der Waals surface area contributed by atoms with E-state index in [4.69, 9.17) is 28.5 Å². The molecule has 0 aliphatic carbocycles. The minimum atomic E-state index is -0.496. The lowest BCUT2D eigenvalue weighted by Crippen LogP contribution is -2.40. The third-order valence-electron chi connectivity index (χ3n) is 1.43. The van der Waals surface area contributed by atoms with Crippen molar-refractivity contribution in [2.24, 2.45) is 0 Å². The number of hydrogen-bond donors (Lipinski definition) is 1. The highest BCUT2D eigenvalue weighted by Crippen LogP contribution is 2.08. The molecule has 10 heavy (non-hydrogen) atoms. The molecular formula is C6H14Cl2NO+. The van der Waals surface area contributed by atoms with Crippen molar-refractivity contribution in [1.29, 1.82) is 0 Å². The Bertz CT molecular complexity index is 97.7. The Hall–Kier alpha value is 0.500. The van der Waals surface area contributed by atoms with Gasteiger partial charge in [-0.2, -0.15) is 0 Å². The van der Waals surface area contributed by atoms with Crippen LogP contribution in [0.15, 0.2) is 0 Å². The van der Waals surface area contributed by atoms with E-state index in [-0.39, 0.29) is 5.88 Å². The zero-order valence-electron chi connectivity index (χ0n) is 6.35. The summed E-state index contributed by atoms with van der Waals surface area (Å²) in [4.78, 5) is 0. The molecule has 0 aromatic heterocycles. The van der Waals surface area contributed by atoms with Gasteiger partial charge in [-0.1, -0.05) is 0 Å². The van der Waals surface area contributed by atoms with E-state index >= 15 is 0 Å². The van der Waals surface area contributed by atoms with Crippen molar-refractivity contribution >= 4 is 23.4 Å². The smallest absolute Gasteiger partial charge is 0.165 e. The second-order valence-corrected chi connectivity index (χ2v) is 3.70. The van der Waals surface area contributed by atoms with Crippen LogP contribution in [0.2, 0.25) is 0 Å². The predicted molar refractivity (Wildman–Crippen MR) is 44.2 cm³/mol. The zero-order chi connectivity index (χ0) is 8.20. The first-order valence-electron chi connectivity index (χ1n) is 3.30. The van der Waals surface area contributed by atoms with Crippen LogP contribution in [0, 0.1) is 0 Å². The zero-order valence-corrected chi connectivity index (χ0v) is 7.86. The van der Waals surface area contributed by atoms with Crippen LogP contribution >= 0.6 is 23.4 Å². The Labute approximate surface area is 72.0 Å². The van der Waals surface area contributed by atoms with Crippen LogP contribution in [0.25, 0.3) is 0 Å². The number of halogens is 2. The summed E-state index contributed by atoms with van der Waals surface area (Å²) < 4.78 is 0.299. The van der Waals surface area contributed by atoms with Crippen molar-refractivity contribution in [2.75, 3.05) is 26.0 Å². The first-order chi connectivity index (χ1) is 4.52. The van der Waals surface area contributed by atoms with Gasteiger partial charge in [-0.15, -0.1) is 11.6 Å². The molecule has 0 saturated heterocycles. The van der Waals surface area contributed by atoms with Crippen LogP contribution in [-0.4, -0.2) is 41.2 Å². The molecule has 0 spiro atoms. The number of aliphatic hydroxyl groups is 1. The van der Waals surface area contributed by atoms with Gasteiger partial charge in [0.25, 0.3) is 0 Å². The van der Waals surface area contributed by atoms with E-state index in [9.17, 15) is 0 Å². The molecule has 0 aromatic carbocycles. The number of aliphatic hydroxyl groups excluding tert-OH is 1. The molecule has 0 heterocycles. The standard InChI is InChI=1S/C6H14Cl2NO/c1-3-9(2,8)5-6(10)4-7/h6,10H,3-5H2,1-2H3/q+1. The summed E-state index contributed by atoms with van der Waals surface area (Å²) in [6.45, 7) is 3.25. The molecule has 0 rings (SSSR count). The fourth-order valence-electron chi connectivity index (χ4n) is 0.617. The summed E-state index contributed by atoms with van der Waals surface area (Å²) in [5.74, 6) is 0.251. The third kappa shape index (κ3) is 4.34. The number of quaternary nitrogens is 1. The molecular weight excluding hydrogens is 173 g/mol. The maximum atomic E-state index is 9.09. The summed E-state index contributed by atoms with van der Waals surface area (Å²) in [6, 6.07) is 0. The van der Waals surface area contributed by atoms with E-state index in [0.717, 1.165) is 6.54 Å². The highest BCUT2D eigenvalue weighted by Gasteiger charge is 2.20. The van der Waals surface area contributed by atoms with Crippen LogP contribution in [0.3, 0.4) is 0 Å². The number of alkyl halides is 1. The normalized spacial score (nSPS) is 20.1. The van der Waals surface area contributed by atoms with Gasteiger partial charge in [0, 0.05) is 0 Å². The van der Waals surface area contributed by atoms with Crippen LogP contribution < -0.4 is 0 Å². The first-order valence-corrected chi connectivity index (χ1v) is 4.17. The minimum absolute atomic E-state index is 0.251. The Morgan fingerprint density at radius 1 is 1.60 bits per heavy atom. The molecule has 2 unspecified atom stereocenters. The molecule has 0 aliphatic heterocycles. The van der Waals surface area contributed by atoms with E-state index in [1.165, 1.54) is 0 Å². The van der Waals surface area contributed by atoms with Gasteiger partial charge in [-0.05, 0) is 6.92 Å². The van der Waals surface area contributed by atoms with Gasteiger partial charge in [0.2, 0.25) is 0 Å². The average Bonchev–Trinajstić information content (AvgIpc) is 1.87. The monoisotopic (exact) mass is 186 g/mol. The number of hydrogen-bond acceptors (Lipinski definition) is 1. The fourth-order valence-corrected chi connectivity index (χ4v) is 0.874. The highest BCUT2D eigenvalue weighted by atomic mass is 35.5. The number of likely N-dealkylation sites (N-methyl/N-ethyl adjacent to an activating group) is 1. The molecule has 0 fully saturated rings. The Morgan fingerprint density at radius 3 is 2.40 bits per heavy atom. The van der Waals surface area contributed by atoms with Gasteiger partial charge in [-0.25, -0.2) is 4.00 Å². The van der Waals surface area contributed by atoms with Gasteiger partial charge in [0.15, 0.2) is 11.8 Å². The maximum absolute atomic E-state index is 9.09. The van der Waals surface area contributed by atoms with Crippen molar-refractivity contribution in [3.05, 3.63) is 0 Å². The molecule has 0 aliphatic rings. The molecule has 0 radical (unpaired) electrons. The van der Waals surface area contributed by atoms with Crippen molar-refractivity contribution in [3.8, 4) is 0 Å². The second-order valence-electron chi connectivity index (χ2n) is 2.57. The highest BCUT2D eigenvalue weighted by molar-refractivity contribution is 6.18. The van der Waals surface area contributed by atoms with Crippen LogP contribution in [0.4, 0.5) is 0 Å². The fraction of sp³-hybridized carbons (Fsp3) is 1.00. The topological polar surface area (TPSA) is 20.2 Å². The van der Waals surface area contributed by atoms with Gasteiger partial charge < -0.3 is 5.11 Å². The van der Waals surface area contributed by atoms with Gasteiger partial charge >= 0.3 is 0 Å². The molecule has 4 heteroatoms. The molecule has 2 nitrogen and oxygen atoms in total. The van der Waals surface area contributed by atoms with Gasteiger partial charge in [0.1, 0.15) is 12.6 Å². The largest absolute Gasteiger partial charge is 0.386 e. The predicted octanol–water partition coefficient (Wildman–Crippen LogP) is 1.21. The van der Waals surface area contributed by atoms with Crippen LogP contribution in [-0.2, 0) is 0 Å². The molecule has 0 amide bonds. The van der Waals surface area contributed by atoms with Gasteiger partial charge in [-0.3, -0.25) is 0 Å².